The van der Waals surface area contributed by atoms with E-state index in [0.29, 0.717) is 6.04 Å². The van der Waals surface area contributed by atoms with E-state index in [0.717, 1.165) is 24.5 Å². The maximum Gasteiger partial charge on any atom is 0.242 e. The molecule has 0 aromatic carbocycles. The van der Waals surface area contributed by atoms with Crippen LogP contribution in [0.5, 0.6) is 0 Å². The standard InChI is InChI=1S/C16H26N4O2/c21-16(13-4-2-1-3-5-13)17-20-11-15(22-18-20)14-10-12-6-8-19(14)9-7-12/h11-14,18H,1-10H2,(H,17,21). The lowest BCUT2D eigenvalue weighted by atomic mass is 9.83. The molecule has 6 nitrogen and oxygen atoms in total. The maximum absolute atomic E-state index is 12.3. The first kappa shape index (κ1) is 14.3. The van der Waals surface area contributed by atoms with E-state index < -0.39 is 0 Å². The van der Waals surface area contributed by atoms with Gasteiger partial charge in [-0.15, -0.1) is 0 Å². The maximum atomic E-state index is 12.3. The lowest BCUT2D eigenvalue weighted by Crippen LogP contribution is -2.49. The van der Waals surface area contributed by atoms with Gasteiger partial charge in [-0.25, -0.2) is 0 Å². The largest absolute Gasteiger partial charge is 0.388 e. The molecule has 5 rings (SSSR count). The molecular weight excluding hydrogens is 280 g/mol. The van der Waals surface area contributed by atoms with E-state index >= 15 is 0 Å². The van der Waals surface area contributed by atoms with Crippen LogP contribution in [0.15, 0.2) is 12.0 Å². The van der Waals surface area contributed by atoms with Gasteiger partial charge in [-0.1, -0.05) is 19.3 Å². The van der Waals surface area contributed by atoms with Crippen LogP contribution in [0.2, 0.25) is 0 Å². The molecule has 0 aromatic rings. The van der Waals surface area contributed by atoms with Crippen molar-refractivity contribution >= 4 is 5.91 Å². The van der Waals surface area contributed by atoms with Gasteiger partial charge in [0.2, 0.25) is 5.91 Å². The Hall–Kier alpha value is -1.27. The normalized spacial score (nSPS) is 35.2. The van der Waals surface area contributed by atoms with Gasteiger partial charge in [-0.05, 0) is 56.7 Å². The van der Waals surface area contributed by atoms with E-state index in [-0.39, 0.29) is 11.8 Å². The Morgan fingerprint density at radius 2 is 1.95 bits per heavy atom. The number of carbonyl (C=O) groups excluding carboxylic acids is 1. The van der Waals surface area contributed by atoms with Crippen LogP contribution >= 0.6 is 0 Å². The van der Waals surface area contributed by atoms with Crippen LogP contribution in [0, 0.1) is 11.8 Å². The fraction of sp³-hybridized carbons (Fsp3) is 0.812. The molecule has 6 heteroatoms. The molecule has 1 atom stereocenters. The zero-order valence-electron chi connectivity index (χ0n) is 13.1. The fourth-order valence-corrected chi connectivity index (χ4v) is 4.33. The first-order valence-corrected chi connectivity index (χ1v) is 8.77. The molecule has 0 aromatic heterocycles. The highest BCUT2D eigenvalue weighted by Crippen LogP contribution is 2.35. The molecule has 5 aliphatic rings. The second-order valence-corrected chi connectivity index (χ2v) is 7.14. The molecule has 2 bridgehead atoms. The van der Waals surface area contributed by atoms with Crippen molar-refractivity contribution in [3.8, 4) is 0 Å². The van der Waals surface area contributed by atoms with Gasteiger partial charge in [-0.2, -0.15) is 5.12 Å². The SMILES string of the molecule is O=C(NN1C=C(C2CC3CCN2CC3)ON1)C1CCCCC1. The summed E-state index contributed by atoms with van der Waals surface area (Å²) in [6, 6.07) is 0.372. The van der Waals surface area contributed by atoms with E-state index in [1.54, 1.807) is 5.12 Å². The molecule has 3 saturated heterocycles. The van der Waals surface area contributed by atoms with Crippen LogP contribution in [0.4, 0.5) is 0 Å². The van der Waals surface area contributed by atoms with Gasteiger partial charge in [0.15, 0.2) is 5.76 Å². The summed E-state index contributed by atoms with van der Waals surface area (Å²) in [6.07, 6.45) is 11.3. The van der Waals surface area contributed by atoms with Gasteiger partial charge in [0.05, 0.1) is 12.2 Å². The quantitative estimate of drug-likeness (QED) is 0.831. The molecule has 122 valence electrons. The Balaban J connectivity index is 1.34. The highest BCUT2D eigenvalue weighted by atomic mass is 16.7. The Morgan fingerprint density at radius 3 is 2.64 bits per heavy atom. The van der Waals surface area contributed by atoms with Gasteiger partial charge in [0, 0.05) is 5.92 Å². The molecule has 0 radical (unpaired) electrons. The number of rotatable bonds is 3. The first-order valence-electron chi connectivity index (χ1n) is 8.77. The van der Waals surface area contributed by atoms with Gasteiger partial charge in [0.25, 0.3) is 0 Å². The number of hydrogen-bond acceptors (Lipinski definition) is 5. The van der Waals surface area contributed by atoms with E-state index in [1.165, 1.54) is 51.6 Å². The van der Waals surface area contributed by atoms with Crippen molar-refractivity contribution < 1.29 is 9.63 Å². The van der Waals surface area contributed by atoms with E-state index in [2.05, 4.69) is 15.9 Å². The van der Waals surface area contributed by atoms with E-state index in [1.807, 2.05) is 6.20 Å². The van der Waals surface area contributed by atoms with E-state index in [4.69, 9.17) is 4.84 Å². The smallest absolute Gasteiger partial charge is 0.242 e. The van der Waals surface area contributed by atoms with Gasteiger partial charge in [0.1, 0.15) is 0 Å². The van der Waals surface area contributed by atoms with Crippen molar-refractivity contribution in [3.05, 3.63) is 12.0 Å². The number of piperidine rings is 3. The van der Waals surface area contributed by atoms with Gasteiger partial charge >= 0.3 is 0 Å². The Morgan fingerprint density at radius 1 is 1.18 bits per heavy atom. The minimum absolute atomic E-state index is 0.110. The molecule has 4 heterocycles. The molecular formula is C16H26N4O2. The molecule has 1 amide bonds. The number of nitrogens with zero attached hydrogens (tertiary/aromatic N) is 2. The van der Waals surface area contributed by atoms with Crippen molar-refractivity contribution in [3.63, 3.8) is 0 Å². The third-order valence-electron chi connectivity index (χ3n) is 5.70. The van der Waals surface area contributed by atoms with Crippen LogP contribution in [0.3, 0.4) is 0 Å². The summed E-state index contributed by atoms with van der Waals surface area (Å²) in [5.41, 5.74) is 5.74. The Labute approximate surface area is 131 Å². The number of amides is 1. The van der Waals surface area contributed by atoms with Crippen molar-refractivity contribution in [2.75, 3.05) is 13.1 Å². The van der Waals surface area contributed by atoms with Crippen molar-refractivity contribution in [2.45, 2.75) is 57.4 Å². The van der Waals surface area contributed by atoms with Crippen LogP contribution in [0.25, 0.3) is 0 Å². The molecule has 0 spiro atoms. The number of carbonyl (C=O) groups is 1. The van der Waals surface area contributed by atoms with Gasteiger partial charge in [-0.3, -0.25) is 15.1 Å². The summed E-state index contributed by atoms with van der Waals surface area (Å²) in [4.78, 5) is 20.4. The number of fused-ring (bicyclic) bond motifs is 3. The molecule has 1 saturated carbocycles. The zero-order chi connectivity index (χ0) is 14.9. The minimum atomic E-state index is 0.110. The number of hydrazine groups is 2. The second-order valence-electron chi connectivity index (χ2n) is 7.14. The van der Waals surface area contributed by atoms with Crippen LogP contribution in [-0.2, 0) is 9.63 Å². The summed E-state index contributed by atoms with van der Waals surface area (Å²) in [5, 5.41) is 1.59. The average Bonchev–Trinajstić information content (AvgIpc) is 3.05. The highest BCUT2D eigenvalue weighted by Gasteiger charge is 2.38. The molecule has 4 fully saturated rings. The predicted molar refractivity (Wildman–Crippen MR) is 81.6 cm³/mol. The van der Waals surface area contributed by atoms with Crippen LogP contribution in [-0.4, -0.2) is 35.1 Å². The molecule has 1 unspecified atom stereocenters. The third kappa shape index (κ3) is 2.82. The van der Waals surface area contributed by atoms with Crippen LogP contribution < -0.4 is 11.0 Å². The monoisotopic (exact) mass is 306 g/mol. The molecule has 1 aliphatic carbocycles. The Kier molecular flexibility index (Phi) is 3.96. The topological polar surface area (TPSA) is 56.8 Å². The lowest BCUT2D eigenvalue weighted by molar-refractivity contribution is -0.134. The number of hydrogen-bond donors (Lipinski definition) is 2. The number of nitrogens with one attached hydrogen (secondary N) is 2. The van der Waals surface area contributed by atoms with Crippen molar-refractivity contribution in [2.24, 2.45) is 11.8 Å². The average molecular weight is 306 g/mol. The highest BCUT2D eigenvalue weighted by molar-refractivity contribution is 5.78. The van der Waals surface area contributed by atoms with Crippen molar-refractivity contribution in [1.29, 1.82) is 0 Å². The van der Waals surface area contributed by atoms with Crippen molar-refractivity contribution in [1.82, 2.24) is 21.0 Å². The molecule has 2 N–H and O–H groups in total. The van der Waals surface area contributed by atoms with E-state index in [9.17, 15) is 4.79 Å². The van der Waals surface area contributed by atoms with Gasteiger partial charge < -0.3 is 4.84 Å². The summed E-state index contributed by atoms with van der Waals surface area (Å²) >= 11 is 0. The summed E-state index contributed by atoms with van der Waals surface area (Å²) in [5.74, 6) is 2.04. The zero-order valence-corrected chi connectivity index (χ0v) is 13.1. The third-order valence-corrected chi connectivity index (χ3v) is 5.70. The summed E-state index contributed by atoms with van der Waals surface area (Å²) in [7, 11) is 0. The summed E-state index contributed by atoms with van der Waals surface area (Å²) < 4.78 is 0. The fourth-order valence-electron chi connectivity index (χ4n) is 4.33. The first-order chi connectivity index (χ1) is 10.8. The minimum Gasteiger partial charge on any atom is -0.388 e. The van der Waals surface area contributed by atoms with Crippen LogP contribution in [0.1, 0.15) is 51.4 Å². The second kappa shape index (κ2) is 6.08. The molecule has 22 heavy (non-hydrogen) atoms. The Bertz CT molecular complexity index is 453. The molecule has 4 aliphatic heterocycles. The lowest BCUT2D eigenvalue weighted by Gasteiger charge is -2.44. The summed E-state index contributed by atoms with van der Waals surface area (Å²) in [6.45, 7) is 2.34. The predicted octanol–water partition coefficient (Wildman–Crippen LogP) is 1.68.